The molecule has 0 saturated carbocycles. The molecule has 2 atom stereocenters. The Hall–Kier alpha value is -2.18. The van der Waals surface area contributed by atoms with E-state index in [-0.39, 0.29) is 12.1 Å². The van der Waals surface area contributed by atoms with Crippen LogP contribution in [0.4, 0.5) is 5.69 Å². The number of nitrogens with two attached hydrogens (primary N) is 1. The normalized spacial score (nSPS) is 20.6. The first-order valence-corrected chi connectivity index (χ1v) is 7.39. The van der Waals surface area contributed by atoms with E-state index in [1.807, 2.05) is 29.1 Å². The number of ether oxygens (including phenoxy) is 1. The SMILES string of the molecule is Nc1cnn(C(CN2CCOCC2C=O)c2ccccc2)c1. The van der Waals surface area contributed by atoms with Gasteiger partial charge in [0.2, 0.25) is 0 Å². The van der Waals surface area contributed by atoms with Crippen molar-refractivity contribution in [1.29, 1.82) is 0 Å². The Morgan fingerprint density at radius 1 is 1.41 bits per heavy atom. The van der Waals surface area contributed by atoms with Crippen molar-refractivity contribution < 1.29 is 9.53 Å². The molecule has 6 nitrogen and oxygen atoms in total. The molecule has 0 amide bonds. The van der Waals surface area contributed by atoms with Gasteiger partial charge in [0.1, 0.15) is 6.29 Å². The molecule has 1 aromatic heterocycles. The van der Waals surface area contributed by atoms with Gasteiger partial charge in [-0.2, -0.15) is 5.10 Å². The summed E-state index contributed by atoms with van der Waals surface area (Å²) in [6.45, 7) is 2.53. The van der Waals surface area contributed by atoms with Crippen molar-refractivity contribution in [1.82, 2.24) is 14.7 Å². The van der Waals surface area contributed by atoms with Crippen LogP contribution in [-0.4, -0.2) is 53.3 Å². The van der Waals surface area contributed by atoms with Crippen LogP contribution in [0.15, 0.2) is 42.7 Å². The van der Waals surface area contributed by atoms with Crippen LogP contribution in [-0.2, 0) is 9.53 Å². The highest BCUT2D eigenvalue weighted by atomic mass is 16.5. The Labute approximate surface area is 129 Å². The Kier molecular flexibility index (Phi) is 4.50. The van der Waals surface area contributed by atoms with E-state index in [1.54, 1.807) is 6.20 Å². The van der Waals surface area contributed by atoms with Crippen molar-refractivity contribution in [2.75, 3.05) is 32.0 Å². The van der Waals surface area contributed by atoms with Gasteiger partial charge >= 0.3 is 0 Å². The lowest BCUT2D eigenvalue weighted by atomic mass is 10.1. The average molecular weight is 300 g/mol. The zero-order valence-corrected chi connectivity index (χ0v) is 12.3. The third kappa shape index (κ3) is 3.18. The molecule has 1 aliphatic rings. The Morgan fingerprint density at radius 3 is 2.91 bits per heavy atom. The number of hydrogen-bond acceptors (Lipinski definition) is 5. The van der Waals surface area contributed by atoms with E-state index in [0.717, 1.165) is 18.4 Å². The molecule has 6 heteroatoms. The van der Waals surface area contributed by atoms with Gasteiger partial charge in [-0.05, 0) is 5.56 Å². The van der Waals surface area contributed by atoms with Crippen molar-refractivity contribution in [2.45, 2.75) is 12.1 Å². The number of nitrogens with zero attached hydrogens (tertiary/aromatic N) is 3. The zero-order chi connectivity index (χ0) is 15.4. The maximum absolute atomic E-state index is 11.3. The number of carbonyl (C=O) groups excluding carboxylic acids is 1. The van der Waals surface area contributed by atoms with Crippen molar-refractivity contribution in [2.24, 2.45) is 0 Å². The van der Waals surface area contributed by atoms with Gasteiger partial charge in [0.05, 0.1) is 37.2 Å². The van der Waals surface area contributed by atoms with E-state index in [0.29, 0.717) is 25.4 Å². The van der Waals surface area contributed by atoms with Crippen LogP contribution >= 0.6 is 0 Å². The molecule has 3 rings (SSSR count). The van der Waals surface area contributed by atoms with E-state index >= 15 is 0 Å². The van der Waals surface area contributed by atoms with Gasteiger partial charge in [0, 0.05) is 19.3 Å². The second-order valence-electron chi connectivity index (χ2n) is 5.45. The summed E-state index contributed by atoms with van der Waals surface area (Å²) in [6, 6.07) is 9.95. The lowest BCUT2D eigenvalue weighted by Gasteiger charge is -2.35. The van der Waals surface area contributed by atoms with E-state index in [1.165, 1.54) is 0 Å². The average Bonchev–Trinajstić information content (AvgIpc) is 3.00. The van der Waals surface area contributed by atoms with E-state index in [9.17, 15) is 4.79 Å². The summed E-state index contributed by atoms with van der Waals surface area (Å²) in [4.78, 5) is 13.4. The van der Waals surface area contributed by atoms with Gasteiger partial charge < -0.3 is 15.3 Å². The maximum atomic E-state index is 11.3. The number of rotatable bonds is 5. The molecule has 0 bridgehead atoms. The molecule has 0 aliphatic carbocycles. The lowest BCUT2D eigenvalue weighted by molar-refractivity contribution is -0.118. The fourth-order valence-electron chi connectivity index (χ4n) is 2.77. The Balaban J connectivity index is 1.87. The van der Waals surface area contributed by atoms with Gasteiger partial charge in [-0.3, -0.25) is 9.58 Å². The summed E-state index contributed by atoms with van der Waals surface area (Å²) in [5, 5.41) is 4.35. The smallest absolute Gasteiger partial charge is 0.139 e. The number of aromatic nitrogens is 2. The van der Waals surface area contributed by atoms with Crippen LogP contribution < -0.4 is 5.73 Å². The molecule has 2 aromatic rings. The second kappa shape index (κ2) is 6.72. The summed E-state index contributed by atoms with van der Waals surface area (Å²) >= 11 is 0. The topological polar surface area (TPSA) is 73.4 Å². The zero-order valence-electron chi connectivity index (χ0n) is 12.3. The van der Waals surface area contributed by atoms with E-state index in [2.05, 4.69) is 22.1 Å². The fourth-order valence-corrected chi connectivity index (χ4v) is 2.77. The van der Waals surface area contributed by atoms with Gasteiger partial charge in [-0.1, -0.05) is 30.3 Å². The predicted molar refractivity (Wildman–Crippen MR) is 83.5 cm³/mol. The van der Waals surface area contributed by atoms with Crippen molar-refractivity contribution in [3.8, 4) is 0 Å². The fraction of sp³-hybridized carbons (Fsp3) is 0.375. The predicted octanol–water partition coefficient (Wildman–Crippen LogP) is 0.954. The molecule has 116 valence electrons. The molecular formula is C16H20N4O2. The number of hydrogen-bond donors (Lipinski definition) is 1. The number of benzene rings is 1. The molecule has 0 radical (unpaired) electrons. The minimum atomic E-state index is -0.201. The molecule has 2 unspecified atom stereocenters. The number of carbonyl (C=O) groups is 1. The van der Waals surface area contributed by atoms with Crippen LogP contribution in [0.3, 0.4) is 0 Å². The van der Waals surface area contributed by atoms with E-state index in [4.69, 9.17) is 10.5 Å². The number of anilines is 1. The molecule has 1 aromatic carbocycles. The first-order chi connectivity index (χ1) is 10.8. The molecule has 0 spiro atoms. The number of aldehydes is 1. The summed E-state index contributed by atoms with van der Waals surface area (Å²) in [5.41, 5.74) is 7.58. The van der Waals surface area contributed by atoms with Gasteiger partial charge in [0.25, 0.3) is 0 Å². The van der Waals surface area contributed by atoms with E-state index < -0.39 is 0 Å². The van der Waals surface area contributed by atoms with Crippen LogP contribution in [0.5, 0.6) is 0 Å². The first kappa shape index (κ1) is 14.7. The summed E-state index contributed by atoms with van der Waals surface area (Å²) in [5.74, 6) is 0. The Bertz CT molecular complexity index is 614. The van der Waals surface area contributed by atoms with Gasteiger partial charge in [-0.25, -0.2) is 0 Å². The second-order valence-corrected chi connectivity index (χ2v) is 5.45. The van der Waals surface area contributed by atoms with Crippen molar-refractivity contribution in [3.63, 3.8) is 0 Å². The third-order valence-corrected chi connectivity index (χ3v) is 3.97. The molecule has 2 heterocycles. The monoisotopic (exact) mass is 300 g/mol. The molecule has 1 fully saturated rings. The molecule has 2 N–H and O–H groups in total. The first-order valence-electron chi connectivity index (χ1n) is 7.39. The minimum Gasteiger partial charge on any atom is -0.396 e. The van der Waals surface area contributed by atoms with Crippen molar-refractivity contribution >= 4 is 12.0 Å². The molecule has 1 saturated heterocycles. The van der Waals surface area contributed by atoms with Crippen LogP contribution in [0.25, 0.3) is 0 Å². The lowest BCUT2D eigenvalue weighted by Crippen LogP contribution is -2.48. The number of nitrogen functional groups attached to an aromatic ring is 1. The molecule has 1 aliphatic heterocycles. The Morgan fingerprint density at radius 2 is 2.23 bits per heavy atom. The minimum absolute atomic E-state index is 0.0130. The standard InChI is InChI=1S/C16H20N4O2/c17-14-8-18-20(9-14)16(13-4-2-1-3-5-13)10-19-6-7-22-12-15(19)11-21/h1-5,8-9,11,15-16H,6-7,10,12,17H2. The van der Waals surface area contributed by atoms with Gasteiger partial charge in [0.15, 0.2) is 0 Å². The quantitative estimate of drug-likeness (QED) is 0.832. The summed E-state index contributed by atoms with van der Waals surface area (Å²) < 4.78 is 7.25. The third-order valence-electron chi connectivity index (χ3n) is 3.97. The highest BCUT2D eigenvalue weighted by Crippen LogP contribution is 2.21. The van der Waals surface area contributed by atoms with Gasteiger partial charge in [-0.15, -0.1) is 0 Å². The number of morpholine rings is 1. The highest BCUT2D eigenvalue weighted by molar-refractivity contribution is 5.58. The highest BCUT2D eigenvalue weighted by Gasteiger charge is 2.26. The largest absolute Gasteiger partial charge is 0.396 e. The molecular weight excluding hydrogens is 280 g/mol. The van der Waals surface area contributed by atoms with Crippen molar-refractivity contribution in [3.05, 3.63) is 48.3 Å². The summed E-state index contributed by atoms with van der Waals surface area (Å²) in [7, 11) is 0. The van der Waals surface area contributed by atoms with Crippen LogP contribution in [0.2, 0.25) is 0 Å². The van der Waals surface area contributed by atoms with Crippen LogP contribution in [0, 0.1) is 0 Å². The summed E-state index contributed by atoms with van der Waals surface area (Å²) in [6.07, 6.45) is 4.43. The van der Waals surface area contributed by atoms with Crippen LogP contribution in [0.1, 0.15) is 11.6 Å². The molecule has 22 heavy (non-hydrogen) atoms. The maximum Gasteiger partial charge on any atom is 0.139 e.